The van der Waals surface area contributed by atoms with Crippen molar-refractivity contribution in [2.45, 2.75) is 39.7 Å². The van der Waals surface area contributed by atoms with Crippen molar-refractivity contribution in [3.63, 3.8) is 0 Å². The normalized spacial score (nSPS) is 25.8. The van der Waals surface area contributed by atoms with Crippen molar-refractivity contribution < 1.29 is 4.42 Å². The van der Waals surface area contributed by atoms with Crippen molar-refractivity contribution in [1.29, 1.82) is 0 Å². The van der Waals surface area contributed by atoms with E-state index < -0.39 is 5.76 Å². The number of benzene rings is 1. The van der Waals surface area contributed by atoms with Gasteiger partial charge in [-0.2, -0.15) is 0 Å². The first kappa shape index (κ1) is 12.3. The minimum atomic E-state index is -0.400. The van der Waals surface area contributed by atoms with Gasteiger partial charge in [0.25, 0.3) is 0 Å². The molecule has 1 heterocycles. The molecule has 4 heteroatoms. The third-order valence-corrected chi connectivity index (χ3v) is 4.10. The molecule has 1 saturated carbocycles. The summed E-state index contributed by atoms with van der Waals surface area (Å²) in [5, 5.41) is 3.58. The van der Waals surface area contributed by atoms with Crippen LogP contribution in [0.15, 0.2) is 27.4 Å². The number of oxazole rings is 1. The fraction of sp³-hybridized carbons (Fsp3) is 0.533. The number of hydrogen-bond donors (Lipinski definition) is 2. The Kier molecular flexibility index (Phi) is 2.69. The van der Waals surface area contributed by atoms with E-state index in [0.717, 1.165) is 11.2 Å². The summed E-state index contributed by atoms with van der Waals surface area (Å²) in [6, 6.07) is 6.24. The molecule has 102 valence electrons. The molecule has 4 nitrogen and oxygen atoms in total. The fourth-order valence-corrected chi connectivity index (χ4v) is 3.34. The molecule has 0 aliphatic heterocycles. The lowest BCUT2D eigenvalue weighted by Gasteiger charge is -2.19. The van der Waals surface area contributed by atoms with Gasteiger partial charge in [-0.05, 0) is 42.4 Å². The van der Waals surface area contributed by atoms with Gasteiger partial charge < -0.3 is 9.73 Å². The molecule has 1 fully saturated rings. The number of hydrogen-bond acceptors (Lipinski definition) is 3. The molecular formula is C15H20N2O2. The van der Waals surface area contributed by atoms with Gasteiger partial charge in [-0.1, -0.05) is 20.8 Å². The van der Waals surface area contributed by atoms with Crippen LogP contribution in [-0.4, -0.2) is 11.0 Å². The van der Waals surface area contributed by atoms with Crippen LogP contribution in [0.4, 0.5) is 5.69 Å². The smallest absolute Gasteiger partial charge is 0.408 e. The van der Waals surface area contributed by atoms with Crippen LogP contribution in [0.5, 0.6) is 0 Å². The highest BCUT2D eigenvalue weighted by atomic mass is 16.4. The van der Waals surface area contributed by atoms with Crippen molar-refractivity contribution in [2.24, 2.45) is 11.3 Å². The third kappa shape index (κ3) is 2.39. The first-order valence-corrected chi connectivity index (χ1v) is 6.82. The van der Waals surface area contributed by atoms with Gasteiger partial charge in [-0.15, -0.1) is 0 Å². The third-order valence-electron chi connectivity index (χ3n) is 4.10. The Bertz CT molecular complexity index is 653. The maximum atomic E-state index is 11.1. The lowest BCUT2D eigenvalue weighted by Crippen LogP contribution is -2.22. The Morgan fingerprint density at radius 3 is 2.84 bits per heavy atom. The first-order chi connectivity index (χ1) is 8.93. The van der Waals surface area contributed by atoms with Gasteiger partial charge >= 0.3 is 5.76 Å². The first-order valence-electron chi connectivity index (χ1n) is 6.82. The quantitative estimate of drug-likeness (QED) is 0.870. The fourth-order valence-electron chi connectivity index (χ4n) is 3.34. The predicted molar refractivity (Wildman–Crippen MR) is 76.4 cm³/mol. The van der Waals surface area contributed by atoms with E-state index in [1.165, 1.54) is 12.8 Å². The van der Waals surface area contributed by atoms with Crippen LogP contribution in [0.2, 0.25) is 0 Å². The molecular weight excluding hydrogens is 240 g/mol. The number of H-pyrrole nitrogens is 1. The molecule has 1 aromatic heterocycles. The molecule has 2 aromatic rings. The second-order valence-corrected chi connectivity index (χ2v) is 6.53. The van der Waals surface area contributed by atoms with Crippen LogP contribution >= 0.6 is 0 Å². The summed E-state index contributed by atoms with van der Waals surface area (Å²) in [6.07, 6.45) is 2.42. The minimum Gasteiger partial charge on any atom is -0.408 e. The van der Waals surface area contributed by atoms with Crippen LogP contribution in [-0.2, 0) is 0 Å². The molecule has 1 aromatic carbocycles. The van der Waals surface area contributed by atoms with Gasteiger partial charge in [0.1, 0.15) is 0 Å². The maximum absolute atomic E-state index is 11.1. The zero-order chi connectivity index (χ0) is 13.6. The number of nitrogens with one attached hydrogen (secondary N) is 2. The zero-order valence-corrected chi connectivity index (χ0v) is 11.6. The van der Waals surface area contributed by atoms with Crippen LogP contribution in [0.1, 0.15) is 33.6 Å². The van der Waals surface area contributed by atoms with Crippen molar-refractivity contribution >= 4 is 16.8 Å². The second kappa shape index (κ2) is 4.15. The van der Waals surface area contributed by atoms with Gasteiger partial charge in [0, 0.05) is 11.7 Å². The molecule has 1 aliphatic rings. The average molecular weight is 260 g/mol. The number of aromatic nitrogens is 1. The molecule has 2 atom stereocenters. The summed E-state index contributed by atoms with van der Waals surface area (Å²) >= 11 is 0. The lowest BCUT2D eigenvalue weighted by molar-refractivity contribution is 0.366. The molecule has 0 radical (unpaired) electrons. The van der Waals surface area contributed by atoms with E-state index in [1.807, 2.05) is 18.2 Å². The minimum absolute atomic E-state index is 0.400. The van der Waals surface area contributed by atoms with Crippen LogP contribution in [0, 0.1) is 11.3 Å². The van der Waals surface area contributed by atoms with Crippen molar-refractivity contribution in [2.75, 3.05) is 5.32 Å². The van der Waals surface area contributed by atoms with E-state index in [-0.39, 0.29) is 0 Å². The Morgan fingerprint density at radius 1 is 1.37 bits per heavy atom. The highest BCUT2D eigenvalue weighted by Crippen LogP contribution is 2.42. The van der Waals surface area contributed by atoms with Crippen molar-refractivity contribution in [3.8, 4) is 0 Å². The largest absolute Gasteiger partial charge is 0.417 e. The molecule has 1 aliphatic carbocycles. The lowest BCUT2D eigenvalue weighted by atomic mass is 9.91. The van der Waals surface area contributed by atoms with Gasteiger partial charge in [0.2, 0.25) is 0 Å². The van der Waals surface area contributed by atoms with E-state index in [1.54, 1.807) is 0 Å². The number of rotatable bonds is 2. The Hall–Kier alpha value is -1.71. The molecule has 3 rings (SSSR count). The summed E-state index contributed by atoms with van der Waals surface area (Å²) in [6.45, 7) is 6.94. The van der Waals surface area contributed by atoms with Crippen LogP contribution in [0.3, 0.4) is 0 Å². The Morgan fingerprint density at radius 2 is 2.16 bits per heavy atom. The van der Waals surface area contributed by atoms with Crippen molar-refractivity contribution in [1.82, 2.24) is 4.98 Å². The van der Waals surface area contributed by atoms with E-state index in [2.05, 4.69) is 31.1 Å². The van der Waals surface area contributed by atoms with E-state index in [0.29, 0.717) is 23.0 Å². The number of fused-ring (bicyclic) bond motifs is 1. The zero-order valence-electron chi connectivity index (χ0n) is 11.6. The summed E-state index contributed by atoms with van der Waals surface area (Å²) in [7, 11) is 0. The summed E-state index contributed by atoms with van der Waals surface area (Å²) < 4.78 is 5.01. The second-order valence-electron chi connectivity index (χ2n) is 6.53. The van der Waals surface area contributed by atoms with Crippen LogP contribution in [0.25, 0.3) is 11.1 Å². The van der Waals surface area contributed by atoms with Crippen LogP contribution < -0.4 is 11.1 Å². The molecule has 0 bridgehead atoms. The average Bonchev–Trinajstić information content (AvgIpc) is 2.77. The predicted octanol–water partition coefficient (Wildman–Crippen LogP) is 3.36. The summed E-state index contributed by atoms with van der Waals surface area (Å²) in [4.78, 5) is 13.8. The SMILES string of the molecule is CC1CC(C)(C)CC1Nc1ccc2oc(=O)[nH]c2c1. The monoisotopic (exact) mass is 260 g/mol. The van der Waals surface area contributed by atoms with E-state index in [9.17, 15) is 4.79 Å². The Balaban J connectivity index is 1.83. The number of anilines is 1. The molecule has 2 unspecified atom stereocenters. The maximum Gasteiger partial charge on any atom is 0.417 e. The summed E-state index contributed by atoms with van der Waals surface area (Å²) in [5.41, 5.74) is 2.81. The van der Waals surface area contributed by atoms with Gasteiger partial charge in [0.05, 0.1) is 5.52 Å². The summed E-state index contributed by atoms with van der Waals surface area (Å²) in [5.74, 6) is 0.261. The van der Waals surface area contributed by atoms with Gasteiger partial charge in [-0.3, -0.25) is 4.98 Å². The molecule has 0 saturated heterocycles. The Labute approximate surface area is 112 Å². The van der Waals surface area contributed by atoms with E-state index in [4.69, 9.17) is 4.42 Å². The molecule has 0 spiro atoms. The molecule has 2 N–H and O–H groups in total. The standard InChI is InChI=1S/C15H20N2O2/c1-9-7-15(2,3)8-12(9)16-10-4-5-13-11(6-10)17-14(18)19-13/h4-6,9,12,16H,7-8H2,1-3H3,(H,17,18). The van der Waals surface area contributed by atoms with Gasteiger partial charge in [-0.25, -0.2) is 4.79 Å². The topological polar surface area (TPSA) is 58.0 Å². The molecule has 19 heavy (non-hydrogen) atoms. The molecule has 0 amide bonds. The highest BCUT2D eigenvalue weighted by molar-refractivity contribution is 5.76. The number of aromatic amines is 1. The van der Waals surface area contributed by atoms with Crippen molar-refractivity contribution in [3.05, 3.63) is 28.7 Å². The van der Waals surface area contributed by atoms with Gasteiger partial charge in [0.15, 0.2) is 5.58 Å². The van der Waals surface area contributed by atoms with E-state index >= 15 is 0 Å². The highest BCUT2D eigenvalue weighted by Gasteiger charge is 2.36.